The zero-order chi connectivity index (χ0) is 24.3. The molecule has 2 rings (SSSR count). The van der Waals surface area contributed by atoms with Gasteiger partial charge in [0.05, 0.1) is 12.6 Å². The molecule has 0 fully saturated rings. The van der Waals surface area contributed by atoms with Crippen molar-refractivity contribution in [3.63, 3.8) is 0 Å². The summed E-state index contributed by atoms with van der Waals surface area (Å²) >= 11 is 0. The van der Waals surface area contributed by atoms with E-state index in [1.54, 1.807) is 7.11 Å². The third-order valence-electron chi connectivity index (χ3n) is 6.88. The molecule has 0 aliphatic carbocycles. The molecule has 0 amide bonds. The van der Waals surface area contributed by atoms with Crippen LogP contribution in [-0.2, 0) is 9.16 Å². The molecular weight excluding hydrogens is 416 g/mol. The van der Waals surface area contributed by atoms with Crippen LogP contribution in [0.1, 0.15) is 64.2 Å². The Kier molecular flexibility index (Phi) is 8.40. The summed E-state index contributed by atoms with van der Waals surface area (Å²) in [5.74, 6) is 2.09. The summed E-state index contributed by atoms with van der Waals surface area (Å²) in [6.45, 7) is 22.7. The van der Waals surface area contributed by atoms with Gasteiger partial charge in [-0.05, 0) is 63.4 Å². The van der Waals surface area contributed by atoms with Crippen LogP contribution >= 0.6 is 0 Å². The molecular formula is C26H44N2O3Si. The van der Waals surface area contributed by atoms with Gasteiger partial charge in [0, 0.05) is 25.3 Å². The van der Waals surface area contributed by atoms with Gasteiger partial charge >= 0.3 is 0 Å². The first-order valence-corrected chi connectivity index (χ1v) is 14.6. The van der Waals surface area contributed by atoms with E-state index < -0.39 is 13.9 Å². The predicted molar refractivity (Wildman–Crippen MR) is 137 cm³/mol. The number of hydrogen-bond donors (Lipinski definition) is 1. The van der Waals surface area contributed by atoms with Crippen LogP contribution in [0.2, 0.25) is 18.1 Å². The first-order chi connectivity index (χ1) is 14.7. The van der Waals surface area contributed by atoms with Crippen molar-refractivity contribution >= 4 is 14.5 Å². The van der Waals surface area contributed by atoms with E-state index in [0.29, 0.717) is 12.5 Å². The summed E-state index contributed by atoms with van der Waals surface area (Å²) in [6.07, 6.45) is 3.61. The Balaban J connectivity index is 2.27. The van der Waals surface area contributed by atoms with Crippen molar-refractivity contribution in [1.82, 2.24) is 5.32 Å². The molecule has 1 heterocycles. The Labute approximate surface area is 196 Å². The van der Waals surface area contributed by atoms with E-state index in [9.17, 15) is 0 Å². The van der Waals surface area contributed by atoms with Crippen LogP contribution in [0.25, 0.3) is 0 Å². The van der Waals surface area contributed by atoms with Gasteiger partial charge in [0.25, 0.3) is 5.88 Å². The maximum absolute atomic E-state index is 6.52. The highest BCUT2D eigenvalue weighted by molar-refractivity contribution is 6.74. The molecule has 5 nitrogen and oxygen atoms in total. The lowest BCUT2D eigenvalue weighted by molar-refractivity contribution is 0.150. The number of methoxy groups -OCH3 is 1. The standard InChI is InChI=1S/C26H44N2O3Si/c1-12-21(17-30-32(10,11)25(5,6)7)28-26(8)13-14-27-24(23(26)29-9)31-22-19(3)15-18(2)16-20(22)4/h14-16,21,28H,12-13,17H2,1-11H3/t21?,26-/m0/s1. The van der Waals surface area contributed by atoms with Crippen molar-refractivity contribution in [2.75, 3.05) is 13.7 Å². The van der Waals surface area contributed by atoms with E-state index in [2.05, 4.69) is 90.9 Å². The fourth-order valence-electron chi connectivity index (χ4n) is 3.87. The van der Waals surface area contributed by atoms with Crippen LogP contribution in [0.3, 0.4) is 0 Å². The molecule has 0 saturated carbocycles. The second-order valence-electron chi connectivity index (χ2n) is 10.8. The fourth-order valence-corrected chi connectivity index (χ4v) is 4.92. The Morgan fingerprint density at radius 2 is 1.75 bits per heavy atom. The van der Waals surface area contributed by atoms with Gasteiger partial charge in [-0.3, -0.25) is 5.32 Å². The van der Waals surface area contributed by atoms with E-state index in [-0.39, 0.29) is 11.1 Å². The highest BCUT2D eigenvalue weighted by Crippen LogP contribution is 2.37. The van der Waals surface area contributed by atoms with Gasteiger partial charge in [-0.1, -0.05) is 45.4 Å². The molecule has 1 aromatic rings. The Hall–Kier alpha value is -1.63. The molecule has 1 aliphatic rings. The summed E-state index contributed by atoms with van der Waals surface area (Å²) in [5.41, 5.74) is 2.99. The molecule has 0 bridgehead atoms. The van der Waals surface area contributed by atoms with Crippen LogP contribution < -0.4 is 10.1 Å². The van der Waals surface area contributed by atoms with Gasteiger partial charge < -0.3 is 13.9 Å². The lowest BCUT2D eigenvalue weighted by Gasteiger charge is -2.40. The van der Waals surface area contributed by atoms with Gasteiger partial charge in [-0.25, -0.2) is 4.99 Å². The first-order valence-electron chi connectivity index (χ1n) is 11.7. The van der Waals surface area contributed by atoms with Crippen molar-refractivity contribution in [1.29, 1.82) is 0 Å². The molecule has 1 unspecified atom stereocenters. The van der Waals surface area contributed by atoms with E-state index >= 15 is 0 Å². The largest absolute Gasteiger partial charge is 0.494 e. The third kappa shape index (κ3) is 6.03. The quantitative estimate of drug-likeness (QED) is 0.431. The topological polar surface area (TPSA) is 52.1 Å². The zero-order valence-electron chi connectivity index (χ0n) is 22.1. The average Bonchev–Trinajstić information content (AvgIpc) is 2.67. The van der Waals surface area contributed by atoms with Gasteiger partial charge in [0.2, 0.25) is 0 Å². The number of aryl methyl sites for hydroxylation is 3. The van der Waals surface area contributed by atoms with Crippen molar-refractivity contribution in [3.05, 3.63) is 40.5 Å². The normalized spacial score (nSPS) is 20.5. The van der Waals surface area contributed by atoms with E-state index in [1.165, 1.54) is 5.56 Å². The Bertz CT molecular complexity index is 847. The molecule has 180 valence electrons. The molecule has 2 atom stereocenters. The van der Waals surface area contributed by atoms with E-state index in [4.69, 9.17) is 13.9 Å². The molecule has 1 aliphatic heterocycles. The number of nitrogens with one attached hydrogen (secondary N) is 1. The second kappa shape index (κ2) is 10.1. The van der Waals surface area contributed by atoms with Crippen molar-refractivity contribution in [3.8, 4) is 5.75 Å². The average molecular weight is 461 g/mol. The third-order valence-corrected chi connectivity index (χ3v) is 11.4. The molecule has 6 heteroatoms. The molecule has 32 heavy (non-hydrogen) atoms. The van der Waals surface area contributed by atoms with Crippen molar-refractivity contribution < 1.29 is 13.9 Å². The van der Waals surface area contributed by atoms with Crippen molar-refractivity contribution in [2.45, 2.75) is 97.9 Å². The van der Waals surface area contributed by atoms with Crippen LogP contribution in [0.15, 0.2) is 28.8 Å². The van der Waals surface area contributed by atoms with Gasteiger partial charge in [0.15, 0.2) is 14.1 Å². The highest BCUT2D eigenvalue weighted by atomic mass is 28.4. The van der Waals surface area contributed by atoms with Gasteiger partial charge in [-0.15, -0.1) is 0 Å². The number of ether oxygens (including phenoxy) is 2. The van der Waals surface area contributed by atoms with Crippen LogP contribution in [0, 0.1) is 20.8 Å². The van der Waals surface area contributed by atoms with E-state index in [1.807, 2.05) is 6.21 Å². The maximum Gasteiger partial charge on any atom is 0.259 e. The van der Waals surface area contributed by atoms with Gasteiger partial charge in [-0.2, -0.15) is 0 Å². The fraction of sp³-hybridized carbons (Fsp3) is 0.654. The van der Waals surface area contributed by atoms with Crippen LogP contribution in [0.4, 0.5) is 0 Å². The zero-order valence-corrected chi connectivity index (χ0v) is 23.1. The number of benzene rings is 1. The Morgan fingerprint density at radius 3 is 2.25 bits per heavy atom. The second-order valence-corrected chi connectivity index (χ2v) is 15.6. The molecule has 0 aromatic heterocycles. The number of nitrogens with zero attached hydrogens (tertiary/aromatic N) is 1. The highest BCUT2D eigenvalue weighted by Gasteiger charge is 2.40. The lowest BCUT2D eigenvalue weighted by atomic mass is 9.92. The summed E-state index contributed by atoms with van der Waals surface area (Å²) in [6, 6.07) is 4.46. The number of hydrogen-bond acceptors (Lipinski definition) is 5. The summed E-state index contributed by atoms with van der Waals surface area (Å²) < 4.78 is 18.7. The lowest BCUT2D eigenvalue weighted by Crippen LogP contribution is -2.54. The minimum atomic E-state index is -1.82. The SMILES string of the molecule is CCC(CO[Si](C)(C)C(C)(C)C)N[C@@]1(C)CC=NC(Oc2c(C)cc(C)cc2C)=C1OC. The van der Waals surface area contributed by atoms with Gasteiger partial charge in [0.1, 0.15) is 5.75 Å². The number of aliphatic imine (C=N–C) groups is 1. The predicted octanol–water partition coefficient (Wildman–Crippen LogP) is 6.43. The van der Waals surface area contributed by atoms with E-state index in [0.717, 1.165) is 35.5 Å². The monoisotopic (exact) mass is 460 g/mol. The summed E-state index contributed by atoms with van der Waals surface area (Å²) in [4.78, 5) is 4.57. The van der Waals surface area contributed by atoms with Crippen LogP contribution in [-0.4, -0.2) is 39.8 Å². The smallest absolute Gasteiger partial charge is 0.259 e. The summed E-state index contributed by atoms with van der Waals surface area (Å²) in [7, 11) is -0.120. The molecule has 1 aromatic carbocycles. The Morgan fingerprint density at radius 1 is 1.16 bits per heavy atom. The van der Waals surface area contributed by atoms with Crippen molar-refractivity contribution in [2.24, 2.45) is 4.99 Å². The molecule has 0 spiro atoms. The van der Waals surface area contributed by atoms with Crippen LogP contribution in [0.5, 0.6) is 5.75 Å². The summed E-state index contributed by atoms with van der Waals surface area (Å²) in [5, 5.41) is 3.99. The molecule has 0 radical (unpaired) electrons. The first kappa shape index (κ1) is 26.6. The molecule has 1 N–H and O–H groups in total. The minimum Gasteiger partial charge on any atom is -0.494 e. The number of rotatable bonds is 9. The molecule has 0 saturated heterocycles. The minimum absolute atomic E-state index is 0.190. The maximum atomic E-state index is 6.52.